The highest BCUT2D eigenvalue weighted by Gasteiger charge is 2.48. The number of unbranched alkanes of at least 4 members (excludes halogenated alkanes) is 29. The van der Waals surface area contributed by atoms with E-state index in [2.05, 4.69) is 19.2 Å². The number of ether oxygens (including phenoxy) is 4. The zero-order chi connectivity index (χ0) is 56.0. The lowest BCUT2D eigenvalue weighted by Crippen LogP contribution is -2.62. The summed E-state index contributed by atoms with van der Waals surface area (Å²) in [4.78, 5) is 23.5. The maximum Gasteiger partial charge on any atom is 0.472 e. The molecule has 9 N–H and O–H groups in total. The fourth-order valence-electron chi connectivity index (χ4n) is 9.57. The molecule has 18 nitrogen and oxygen atoms in total. The monoisotopic (exact) mass is 1110 g/mol. The molecule has 0 aromatic heterocycles. The number of allylic oxidation sites excluding steroid dienone is 1. The molecule has 2 rings (SSSR count). The molecule has 2 saturated heterocycles. The molecule has 19 heteroatoms. The van der Waals surface area contributed by atoms with Crippen molar-refractivity contribution in [1.29, 1.82) is 0 Å². The van der Waals surface area contributed by atoms with Crippen LogP contribution >= 0.6 is 7.82 Å². The highest BCUT2D eigenvalue weighted by molar-refractivity contribution is 7.47. The van der Waals surface area contributed by atoms with Gasteiger partial charge in [0.1, 0.15) is 62.0 Å². The molecule has 1 amide bonds. The van der Waals surface area contributed by atoms with Crippen molar-refractivity contribution >= 4 is 13.7 Å². The molecule has 1 unspecified atom stereocenters. The summed E-state index contributed by atoms with van der Waals surface area (Å²) in [6, 6.07) is -0.953. The first kappa shape index (κ1) is 70.9. The molecule has 0 aromatic rings. The van der Waals surface area contributed by atoms with Crippen LogP contribution in [-0.2, 0) is 37.4 Å². The summed E-state index contributed by atoms with van der Waals surface area (Å²) in [5.74, 6) is -0.263. The zero-order valence-corrected chi connectivity index (χ0v) is 48.9. The van der Waals surface area contributed by atoms with Gasteiger partial charge in [-0.1, -0.05) is 206 Å². The van der Waals surface area contributed by atoms with E-state index in [0.29, 0.717) is 17.4 Å². The van der Waals surface area contributed by atoms with E-state index < -0.39 is 94.6 Å². The van der Waals surface area contributed by atoms with E-state index in [1.165, 1.54) is 148 Å². The number of aliphatic hydroxyl groups is 7. The van der Waals surface area contributed by atoms with Gasteiger partial charge in [0, 0.05) is 6.42 Å². The predicted octanol–water partition coefficient (Wildman–Crippen LogP) is 8.40. The molecule has 2 fully saturated rings. The molecule has 0 spiro atoms. The van der Waals surface area contributed by atoms with Gasteiger partial charge in [-0.15, -0.1) is 0 Å². The summed E-state index contributed by atoms with van der Waals surface area (Å²) < 4.78 is 46.0. The Morgan fingerprint density at radius 2 is 0.947 bits per heavy atom. The van der Waals surface area contributed by atoms with Crippen LogP contribution in [0.25, 0.3) is 0 Å². The Kier molecular flexibility index (Phi) is 39.8. The maximum atomic E-state index is 13.3. The minimum absolute atomic E-state index is 0.112. The molecule has 2 aliphatic heterocycles. The molecule has 0 bridgehead atoms. The van der Waals surface area contributed by atoms with Crippen LogP contribution < -0.4 is 5.32 Å². The standard InChI is InChI=1S/C57H111N2O16P/c1-6-8-10-12-14-16-18-20-21-22-23-24-25-27-29-31-33-35-37-39-49(61)58-45(46(60)38-36-34-32-30-28-26-19-17-15-13-11-9-7-2)42-70-56-54(66)52(64)50(62)47(74-56)43-71-57-55(67)53(65)51(63)48(75-57)44-73-76(68,69)72-41-40-59(3,4)5/h36,38,45-48,50-57,60,62-67H,6-35,37,39-44H2,1-5H3,(H-,58,61,68,69)/p+1/b38-36+/t45-,46+,47+,48+,50-,51-,52-,53-,54+,55+,56+,57+/m0/s1. The van der Waals surface area contributed by atoms with Crippen molar-refractivity contribution < 1.29 is 82.5 Å². The fourth-order valence-corrected chi connectivity index (χ4v) is 10.3. The normalized spacial score (nSPS) is 26.0. The van der Waals surface area contributed by atoms with Crippen LogP contribution in [-0.4, -0.2) is 179 Å². The molecule has 0 radical (unpaired) electrons. The van der Waals surface area contributed by atoms with Crippen LogP contribution in [0.3, 0.4) is 0 Å². The number of carbonyl (C=O) groups is 1. The number of hydrogen-bond acceptors (Lipinski definition) is 15. The Bertz CT molecular complexity index is 1500. The second kappa shape index (κ2) is 42.7. The van der Waals surface area contributed by atoms with E-state index in [1.807, 2.05) is 27.2 Å². The average molecular weight is 1110 g/mol. The number of carbonyl (C=O) groups excluding carboxylic acids is 1. The van der Waals surface area contributed by atoms with Crippen molar-refractivity contribution in [2.45, 2.75) is 293 Å². The molecule has 2 aliphatic rings. The second-order valence-electron chi connectivity index (χ2n) is 22.8. The summed E-state index contributed by atoms with van der Waals surface area (Å²) in [5, 5.41) is 78.8. The number of rotatable bonds is 48. The van der Waals surface area contributed by atoms with Crippen LogP contribution in [0, 0.1) is 0 Å². The first-order chi connectivity index (χ1) is 36.4. The summed E-state index contributed by atoms with van der Waals surface area (Å²) in [7, 11) is 0.994. The van der Waals surface area contributed by atoms with Gasteiger partial charge in [0.2, 0.25) is 5.91 Å². The van der Waals surface area contributed by atoms with Crippen molar-refractivity contribution in [2.75, 3.05) is 54.1 Å². The maximum absolute atomic E-state index is 13.3. The molecule has 2 heterocycles. The van der Waals surface area contributed by atoms with Crippen LogP contribution in [0.15, 0.2) is 12.2 Å². The number of likely N-dealkylation sites (N-methyl/N-ethyl adjacent to an activating group) is 1. The minimum Gasteiger partial charge on any atom is -0.387 e. The highest BCUT2D eigenvalue weighted by Crippen LogP contribution is 2.44. The second-order valence-corrected chi connectivity index (χ2v) is 24.3. The van der Waals surface area contributed by atoms with Crippen LogP contribution in [0.2, 0.25) is 0 Å². The van der Waals surface area contributed by atoms with E-state index >= 15 is 0 Å². The lowest BCUT2D eigenvalue weighted by atomic mass is 9.98. The van der Waals surface area contributed by atoms with Crippen LogP contribution in [0.4, 0.5) is 0 Å². The third-order valence-corrected chi connectivity index (χ3v) is 15.7. The Labute approximate surface area is 459 Å². The Balaban J connectivity index is 1.90. The number of phosphoric ester groups is 1. The summed E-state index contributed by atoms with van der Waals surface area (Å²) in [5.41, 5.74) is 0. The molecule has 13 atom stereocenters. The number of nitrogens with one attached hydrogen (secondary N) is 1. The lowest BCUT2D eigenvalue weighted by molar-refractivity contribution is -0.870. The van der Waals surface area contributed by atoms with Gasteiger partial charge in [-0.2, -0.15) is 0 Å². The lowest BCUT2D eigenvalue weighted by Gasteiger charge is -2.43. The smallest absolute Gasteiger partial charge is 0.387 e. The molecular weight excluding hydrogens is 1000 g/mol. The van der Waals surface area contributed by atoms with Gasteiger partial charge >= 0.3 is 7.82 Å². The number of aliphatic hydroxyl groups excluding tert-OH is 7. The van der Waals surface area contributed by atoms with E-state index in [0.717, 1.165) is 44.9 Å². The average Bonchev–Trinajstić information content (AvgIpc) is 3.38. The third kappa shape index (κ3) is 32.9. The summed E-state index contributed by atoms with van der Waals surface area (Å²) in [6.07, 6.45) is 23.8. The minimum atomic E-state index is -4.60. The van der Waals surface area contributed by atoms with E-state index in [-0.39, 0.29) is 25.5 Å². The van der Waals surface area contributed by atoms with Gasteiger partial charge in [-0.05, 0) is 19.3 Å². The first-order valence-corrected chi connectivity index (χ1v) is 31.6. The van der Waals surface area contributed by atoms with Gasteiger partial charge in [0.15, 0.2) is 12.6 Å². The molecular formula is C57H112N2O16P+. The Morgan fingerprint density at radius 1 is 0.553 bits per heavy atom. The number of hydrogen-bond donors (Lipinski definition) is 9. The van der Waals surface area contributed by atoms with Crippen molar-refractivity contribution in [1.82, 2.24) is 5.32 Å². The van der Waals surface area contributed by atoms with Gasteiger partial charge in [-0.25, -0.2) is 4.57 Å². The van der Waals surface area contributed by atoms with Crippen molar-refractivity contribution in [3.8, 4) is 0 Å². The number of phosphoric acid groups is 1. The van der Waals surface area contributed by atoms with E-state index in [9.17, 15) is 50.0 Å². The van der Waals surface area contributed by atoms with Gasteiger partial charge in [0.25, 0.3) is 0 Å². The Morgan fingerprint density at radius 3 is 1.38 bits per heavy atom. The zero-order valence-electron chi connectivity index (χ0n) is 48.0. The molecule has 76 heavy (non-hydrogen) atoms. The molecule has 450 valence electrons. The quantitative estimate of drug-likeness (QED) is 0.0120. The van der Waals surface area contributed by atoms with Gasteiger partial charge in [0.05, 0.1) is 53.1 Å². The Hall–Kier alpha value is -1.16. The molecule has 0 aromatic carbocycles. The van der Waals surface area contributed by atoms with E-state index in [1.54, 1.807) is 6.08 Å². The molecule has 0 saturated carbocycles. The third-order valence-electron chi connectivity index (χ3n) is 14.7. The fraction of sp³-hybridized carbons (Fsp3) is 0.947. The SMILES string of the molecule is CCCCCCCCCCCCC/C=C/[C@@H](O)[C@H](CO[C@@H]1O[C@H](CO[C@@H]2O[C@H](COP(=O)(O)OCC[N+](C)(C)C)[C@H](O)[C@H](O)[C@H]2O)[C@H](O)[C@H](O)[C@H]1O)NC(=O)CCCCCCCCCCCCCCCCCCCCC. The number of amides is 1. The largest absolute Gasteiger partial charge is 0.472 e. The predicted molar refractivity (Wildman–Crippen MR) is 296 cm³/mol. The van der Waals surface area contributed by atoms with Crippen LogP contribution in [0.5, 0.6) is 0 Å². The summed E-state index contributed by atoms with van der Waals surface area (Å²) >= 11 is 0. The highest BCUT2D eigenvalue weighted by atomic mass is 31.2. The summed E-state index contributed by atoms with van der Waals surface area (Å²) in [6.45, 7) is 3.11. The van der Waals surface area contributed by atoms with Gasteiger partial charge in [-0.3, -0.25) is 13.8 Å². The molecule has 0 aliphatic carbocycles. The van der Waals surface area contributed by atoms with Gasteiger partial charge < -0.3 is 69.4 Å². The van der Waals surface area contributed by atoms with Crippen LogP contribution in [0.1, 0.15) is 219 Å². The van der Waals surface area contributed by atoms with Crippen molar-refractivity contribution in [3.05, 3.63) is 12.2 Å². The van der Waals surface area contributed by atoms with Crippen molar-refractivity contribution in [3.63, 3.8) is 0 Å². The number of nitrogens with zero attached hydrogens (tertiary/aromatic N) is 1. The van der Waals surface area contributed by atoms with E-state index in [4.69, 9.17) is 28.0 Å². The topological polar surface area (TPSA) is 263 Å². The first-order valence-electron chi connectivity index (χ1n) is 30.1. The number of quaternary nitrogens is 1. The van der Waals surface area contributed by atoms with Crippen molar-refractivity contribution in [2.24, 2.45) is 0 Å².